The van der Waals surface area contributed by atoms with Gasteiger partial charge in [-0.25, -0.2) is 15.0 Å². The predicted octanol–water partition coefficient (Wildman–Crippen LogP) is 11.9. The zero-order valence-electron chi connectivity index (χ0n) is 32.2. The van der Waals surface area contributed by atoms with Crippen LogP contribution in [0.1, 0.15) is 6.85 Å². The minimum absolute atomic E-state index is 0.00684. The van der Waals surface area contributed by atoms with E-state index in [0.717, 1.165) is 38.3 Å². The molecule has 0 saturated heterocycles. The Morgan fingerprint density at radius 1 is 0.373 bits per heavy atom. The summed E-state index contributed by atoms with van der Waals surface area (Å²) in [6, 6.07) is 49.8. The van der Waals surface area contributed by atoms with Crippen molar-refractivity contribution in [1.82, 2.24) is 19.5 Å². The molecule has 2 heterocycles. The molecule has 0 aliphatic carbocycles. The maximum absolute atomic E-state index is 8.69. The molecular weight excluding hydrogens is 621 g/mol. The summed E-state index contributed by atoms with van der Waals surface area (Å²) in [6.07, 6.45) is 0. The molecule has 2 aromatic heterocycles. The summed E-state index contributed by atoms with van der Waals surface area (Å²) in [4.78, 5) is 14.4. The lowest BCUT2D eigenvalue weighted by atomic mass is 10.0. The van der Waals surface area contributed by atoms with Gasteiger partial charge in [0.2, 0.25) is 0 Å². The van der Waals surface area contributed by atoms with Crippen LogP contribution in [0.2, 0.25) is 0 Å². The van der Waals surface area contributed by atoms with E-state index in [4.69, 9.17) is 21.8 Å². The van der Waals surface area contributed by atoms with E-state index in [1.165, 1.54) is 21.9 Å². The first-order chi connectivity index (χ1) is 27.3. The normalized spacial score (nSPS) is 12.9. The van der Waals surface area contributed by atoms with Crippen molar-refractivity contribution in [2.24, 2.45) is 0 Å². The van der Waals surface area contributed by atoms with Crippen LogP contribution in [0.15, 0.2) is 182 Å². The lowest BCUT2D eigenvalue weighted by Crippen LogP contribution is -2.00. The molecule has 0 radical (unpaired) electrons. The van der Waals surface area contributed by atoms with E-state index >= 15 is 0 Å². The number of fused-ring (bicyclic) bond motifs is 5. The fourth-order valence-electron chi connectivity index (χ4n) is 7.01. The molecule has 0 aliphatic rings. The largest absolute Gasteiger partial charge is 0.309 e. The lowest BCUT2D eigenvalue weighted by molar-refractivity contribution is 1.07. The second kappa shape index (κ2) is 11.9. The van der Waals surface area contributed by atoms with Crippen molar-refractivity contribution in [3.05, 3.63) is 182 Å². The Labute approximate surface area is 302 Å². The van der Waals surface area contributed by atoms with E-state index in [9.17, 15) is 0 Å². The Morgan fingerprint density at radius 3 is 1.73 bits per heavy atom. The minimum atomic E-state index is -0.473. The van der Waals surface area contributed by atoms with Crippen molar-refractivity contribution in [1.29, 1.82) is 0 Å². The van der Waals surface area contributed by atoms with Crippen LogP contribution in [0, 0.1) is 0 Å². The van der Waals surface area contributed by atoms with E-state index in [2.05, 4.69) is 89.5 Å². The molecule has 0 N–H and O–H groups in total. The molecule has 8 aromatic carbocycles. The zero-order chi connectivity index (χ0) is 38.1. The fraction of sp³-hybridized carbons (Fsp3) is 0. The third-order valence-corrected chi connectivity index (χ3v) is 9.49. The first-order valence-corrected chi connectivity index (χ1v) is 16.8. The van der Waals surface area contributed by atoms with Crippen molar-refractivity contribution in [2.75, 3.05) is 0 Å². The van der Waals surface area contributed by atoms with Gasteiger partial charge in [-0.2, -0.15) is 0 Å². The second-order valence-corrected chi connectivity index (χ2v) is 12.6. The summed E-state index contributed by atoms with van der Waals surface area (Å²) in [5.74, 6) is 0.666. The van der Waals surface area contributed by atoms with Crippen molar-refractivity contribution in [2.45, 2.75) is 0 Å². The Balaban J connectivity index is 1.11. The summed E-state index contributed by atoms with van der Waals surface area (Å²) >= 11 is 0. The highest BCUT2D eigenvalue weighted by Gasteiger charge is 2.16. The van der Waals surface area contributed by atoms with E-state index in [1.54, 1.807) is 0 Å². The minimum Gasteiger partial charge on any atom is -0.309 e. The molecule has 0 atom stereocenters. The van der Waals surface area contributed by atoms with Crippen molar-refractivity contribution < 1.29 is 6.85 Å². The first-order valence-electron chi connectivity index (χ1n) is 19.3. The Bertz CT molecular complexity index is 3180. The smallest absolute Gasteiger partial charge is 0.164 e. The maximum atomic E-state index is 8.69. The highest BCUT2D eigenvalue weighted by molar-refractivity contribution is 6.10. The molecule has 238 valence electrons. The zero-order valence-corrected chi connectivity index (χ0v) is 27.2. The molecule has 0 bridgehead atoms. The molecule has 0 spiro atoms. The standard InChI is InChI=1S/C47H30N4/c1-3-11-31(12-4-1)37-24-26-44-42(30-37)41-17-9-10-18-43(41)51(44)40-25-23-35-28-39(22-20-36(35)29-40)47-49-45(33-14-5-2-6-15-33)48-46(50-47)38-21-19-32-13-7-8-16-34(32)27-38/h1-30H/i2D,5D,6D,14D,15D. The molecule has 0 amide bonds. The Morgan fingerprint density at radius 2 is 0.941 bits per heavy atom. The Hall–Kier alpha value is -6.91. The molecule has 0 unspecified atom stereocenters. The molecule has 4 nitrogen and oxygen atoms in total. The lowest BCUT2D eigenvalue weighted by Gasteiger charge is -2.11. The third-order valence-electron chi connectivity index (χ3n) is 9.49. The van der Waals surface area contributed by atoms with Crippen LogP contribution in [0.25, 0.3) is 94.3 Å². The second-order valence-electron chi connectivity index (χ2n) is 12.6. The Kier molecular flexibility index (Phi) is 5.66. The van der Waals surface area contributed by atoms with Crippen LogP contribution in [-0.2, 0) is 0 Å². The number of hydrogen-bond donors (Lipinski definition) is 0. The molecule has 51 heavy (non-hydrogen) atoms. The number of rotatable bonds is 5. The quantitative estimate of drug-likeness (QED) is 0.185. The number of hydrogen-bond acceptors (Lipinski definition) is 3. The van der Waals surface area contributed by atoms with Crippen LogP contribution in [0.5, 0.6) is 0 Å². The molecular formula is C47H30N4. The topological polar surface area (TPSA) is 43.6 Å². The van der Waals surface area contributed by atoms with Gasteiger partial charge in [0, 0.05) is 33.2 Å². The van der Waals surface area contributed by atoms with Gasteiger partial charge < -0.3 is 4.57 Å². The molecule has 0 saturated carbocycles. The van der Waals surface area contributed by atoms with Gasteiger partial charge in [-0.05, 0) is 75.1 Å². The average Bonchev–Trinajstić information content (AvgIpc) is 3.58. The summed E-state index contributed by atoms with van der Waals surface area (Å²) in [7, 11) is 0. The highest BCUT2D eigenvalue weighted by atomic mass is 15.0. The van der Waals surface area contributed by atoms with E-state index in [-0.39, 0.29) is 23.5 Å². The van der Waals surface area contributed by atoms with Gasteiger partial charge in [0.25, 0.3) is 0 Å². The number of para-hydroxylation sites is 1. The first kappa shape index (κ1) is 24.3. The van der Waals surface area contributed by atoms with Gasteiger partial charge in [0.05, 0.1) is 17.9 Å². The predicted molar refractivity (Wildman–Crippen MR) is 211 cm³/mol. The molecule has 0 aliphatic heterocycles. The third kappa shape index (κ3) is 5.13. The van der Waals surface area contributed by atoms with Crippen molar-refractivity contribution >= 4 is 43.4 Å². The van der Waals surface area contributed by atoms with Crippen molar-refractivity contribution in [3.63, 3.8) is 0 Å². The SMILES string of the molecule is [2H]c1c([2H])c([2H])c(-c2nc(-c3ccc4ccccc4c3)nc(-c3ccc4cc(-n5c6ccccc6c6cc(-c7ccccc7)ccc65)ccc4c3)n2)c([2H])c1[2H]. The monoisotopic (exact) mass is 655 g/mol. The molecule has 10 rings (SSSR count). The summed E-state index contributed by atoms with van der Waals surface area (Å²) in [5, 5.41) is 6.41. The van der Waals surface area contributed by atoms with E-state index in [1.807, 2.05) is 66.7 Å². The average molecular weight is 656 g/mol. The molecule has 10 aromatic rings. The van der Waals surface area contributed by atoms with E-state index in [0.29, 0.717) is 22.8 Å². The number of aromatic nitrogens is 4. The fourth-order valence-corrected chi connectivity index (χ4v) is 7.01. The number of benzene rings is 8. The van der Waals surface area contributed by atoms with Gasteiger partial charge >= 0.3 is 0 Å². The molecule has 0 fully saturated rings. The van der Waals surface area contributed by atoms with Gasteiger partial charge in [-0.1, -0.05) is 139 Å². The highest BCUT2D eigenvalue weighted by Crippen LogP contribution is 2.36. The van der Waals surface area contributed by atoms with Crippen molar-refractivity contribution in [3.8, 4) is 51.0 Å². The maximum Gasteiger partial charge on any atom is 0.164 e. The van der Waals surface area contributed by atoms with Crippen LogP contribution < -0.4 is 0 Å². The van der Waals surface area contributed by atoms with Gasteiger partial charge in [0.15, 0.2) is 17.5 Å². The van der Waals surface area contributed by atoms with E-state index < -0.39 is 18.1 Å². The van der Waals surface area contributed by atoms with Crippen LogP contribution in [-0.4, -0.2) is 19.5 Å². The molecule has 4 heteroatoms. The van der Waals surface area contributed by atoms with Gasteiger partial charge in [-0.3, -0.25) is 0 Å². The summed E-state index contributed by atoms with van der Waals surface area (Å²) in [6.45, 7) is 0. The van der Waals surface area contributed by atoms with Crippen LogP contribution in [0.4, 0.5) is 0 Å². The van der Waals surface area contributed by atoms with Gasteiger partial charge in [0.1, 0.15) is 0 Å². The number of nitrogens with zero attached hydrogens (tertiary/aromatic N) is 4. The van der Waals surface area contributed by atoms with Gasteiger partial charge in [-0.15, -0.1) is 0 Å². The van der Waals surface area contributed by atoms with Crippen LogP contribution in [0.3, 0.4) is 0 Å². The van der Waals surface area contributed by atoms with Crippen LogP contribution >= 0.6 is 0 Å². The summed E-state index contributed by atoms with van der Waals surface area (Å²) < 4.78 is 44.5. The summed E-state index contributed by atoms with van der Waals surface area (Å²) in [5.41, 5.74) is 6.96.